The first kappa shape index (κ1) is 14.1. The Morgan fingerprint density at radius 1 is 1.20 bits per heavy atom. The summed E-state index contributed by atoms with van der Waals surface area (Å²) in [6.07, 6.45) is 1.49. The van der Waals surface area contributed by atoms with Crippen molar-refractivity contribution in [2.75, 3.05) is 10.4 Å². The SMILES string of the molecule is CC(C)(C)N(O)c1ccc(C(=O)Nc2ccco2)cc1. The molecule has 2 rings (SSSR count). The number of carbonyl (C=O) groups is 1. The molecule has 20 heavy (non-hydrogen) atoms. The van der Waals surface area contributed by atoms with E-state index in [1.54, 1.807) is 36.4 Å². The van der Waals surface area contributed by atoms with Crippen molar-refractivity contribution < 1.29 is 14.4 Å². The van der Waals surface area contributed by atoms with Crippen LogP contribution in [0.15, 0.2) is 47.1 Å². The van der Waals surface area contributed by atoms with Crippen LogP contribution in [0, 0.1) is 0 Å². The second-order valence-electron chi connectivity index (χ2n) is 5.46. The molecule has 1 amide bonds. The lowest BCUT2D eigenvalue weighted by molar-refractivity contribution is 0.102. The molecule has 0 bridgehead atoms. The van der Waals surface area contributed by atoms with Gasteiger partial charge in [0.1, 0.15) is 0 Å². The standard InChI is InChI=1S/C15H18N2O3/c1-15(2,3)17(19)12-8-6-11(7-9-12)14(18)16-13-5-4-10-20-13/h4-10,19H,1-3H3,(H,16,18). The second-order valence-corrected chi connectivity index (χ2v) is 5.46. The van der Waals surface area contributed by atoms with Gasteiger partial charge in [-0.1, -0.05) is 0 Å². The summed E-state index contributed by atoms with van der Waals surface area (Å²) in [7, 11) is 0. The number of furan rings is 1. The summed E-state index contributed by atoms with van der Waals surface area (Å²) < 4.78 is 5.05. The number of nitrogens with zero attached hydrogens (tertiary/aromatic N) is 1. The Hall–Kier alpha value is -2.27. The van der Waals surface area contributed by atoms with E-state index in [-0.39, 0.29) is 5.91 Å². The van der Waals surface area contributed by atoms with Crippen molar-refractivity contribution in [2.24, 2.45) is 0 Å². The van der Waals surface area contributed by atoms with Gasteiger partial charge in [-0.2, -0.15) is 0 Å². The maximum absolute atomic E-state index is 11.9. The molecule has 0 saturated heterocycles. The highest BCUT2D eigenvalue weighted by molar-refractivity contribution is 6.03. The molecular formula is C15H18N2O3. The number of hydrogen-bond donors (Lipinski definition) is 2. The minimum atomic E-state index is -0.405. The molecule has 1 aromatic carbocycles. The Bertz CT molecular complexity index is 568. The Morgan fingerprint density at radius 2 is 1.85 bits per heavy atom. The van der Waals surface area contributed by atoms with E-state index in [4.69, 9.17) is 4.42 Å². The van der Waals surface area contributed by atoms with Crippen LogP contribution in [0.4, 0.5) is 11.6 Å². The van der Waals surface area contributed by atoms with E-state index in [0.717, 1.165) is 0 Å². The zero-order valence-electron chi connectivity index (χ0n) is 11.8. The predicted octanol–water partition coefficient (Wildman–Crippen LogP) is 3.53. The molecule has 5 heteroatoms. The average Bonchev–Trinajstić information content (AvgIpc) is 2.90. The van der Waals surface area contributed by atoms with Gasteiger partial charge in [0.2, 0.25) is 0 Å². The topological polar surface area (TPSA) is 65.7 Å². The van der Waals surface area contributed by atoms with Gasteiger partial charge in [-0.25, -0.2) is 0 Å². The number of nitrogens with one attached hydrogen (secondary N) is 1. The first-order valence-corrected chi connectivity index (χ1v) is 6.32. The molecule has 1 aromatic heterocycles. The Morgan fingerprint density at radius 3 is 2.35 bits per heavy atom. The maximum atomic E-state index is 11.9. The largest absolute Gasteiger partial charge is 0.449 e. The van der Waals surface area contributed by atoms with Gasteiger partial charge < -0.3 is 4.42 Å². The van der Waals surface area contributed by atoms with Crippen LogP contribution in [0.5, 0.6) is 0 Å². The Kier molecular flexibility index (Phi) is 3.81. The third kappa shape index (κ3) is 3.19. The smallest absolute Gasteiger partial charge is 0.257 e. The van der Waals surface area contributed by atoms with E-state index in [9.17, 15) is 10.0 Å². The first-order valence-electron chi connectivity index (χ1n) is 6.32. The number of benzene rings is 1. The first-order chi connectivity index (χ1) is 9.38. The average molecular weight is 274 g/mol. The second kappa shape index (κ2) is 5.38. The number of hydrogen-bond acceptors (Lipinski definition) is 4. The van der Waals surface area contributed by atoms with Crippen LogP contribution in [0.1, 0.15) is 31.1 Å². The molecule has 0 aliphatic carbocycles. The van der Waals surface area contributed by atoms with Crippen molar-refractivity contribution >= 4 is 17.5 Å². The molecule has 1 heterocycles. The highest BCUT2D eigenvalue weighted by Crippen LogP contribution is 2.22. The highest BCUT2D eigenvalue weighted by Gasteiger charge is 2.20. The third-order valence-electron chi connectivity index (χ3n) is 2.77. The Balaban J connectivity index is 2.10. The van der Waals surface area contributed by atoms with E-state index >= 15 is 0 Å². The number of hydroxylamine groups is 1. The molecule has 5 nitrogen and oxygen atoms in total. The van der Waals surface area contributed by atoms with Crippen molar-refractivity contribution in [1.82, 2.24) is 0 Å². The number of amides is 1. The van der Waals surface area contributed by atoms with Gasteiger partial charge in [-0.3, -0.25) is 20.4 Å². The summed E-state index contributed by atoms with van der Waals surface area (Å²) in [4.78, 5) is 11.9. The lowest BCUT2D eigenvalue weighted by Gasteiger charge is -2.31. The quantitative estimate of drug-likeness (QED) is 0.840. The lowest BCUT2D eigenvalue weighted by atomic mass is 10.1. The molecule has 0 saturated carbocycles. The summed E-state index contributed by atoms with van der Waals surface area (Å²) in [5.41, 5.74) is 0.720. The fraction of sp³-hybridized carbons (Fsp3) is 0.267. The molecular weight excluding hydrogens is 256 g/mol. The van der Waals surface area contributed by atoms with E-state index < -0.39 is 5.54 Å². The highest BCUT2D eigenvalue weighted by atomic mass is 16.5. The van der Waals surface area contributed by atoms with Crippen LogP contribution < -0.4 is 10.4 Å². The minimum absolute atomic E-state index is 0.258. The summed E-state index contributed by atoms with van der Waals surface area (Å²) in [6, 6.07) is 10.1. The maximum Gasteiger partial charge on any atom is 0.257 e. The predicted molar refractivity (Wildman–Crippen MR) is 77.1 cm³/mol. The van der Waals surface area contributed by atoms with Crippen LogP contribution in [0.3, 0.4) is 0 Å². The lowest BCUT2D eigenvalue weighted by Crippen LogP contribution is -2.38. The molecule has 0 fully saturated rings. The van der Waals surface area contributed by atoms with Crippen molar-refractivity contribution in [3.8, 4) is 0 Å². The zero-order chi connectivity index (χ0) is 14.8. The van der Waals surface area contributed by atoms with Crippen LogP contribution in [-0.4, -0.2) is 16.7 Å². The summed E-state index contributed by atoms with van der Waals surface area (Å²) >= 11 is 0. The third-order valence-corrected chi connectivity index (χ3v) is 2.77. The molecule has 0 atom stereocenters. The van der Waals surface area contributed by atoms with Crippen molar-refractivity contribution in [3.63, 3.8) is 0 Å². The molecule has 106 valence electrons. The van der Waals surface area contributed by atoms with Gasteiger partial charge in [0.05, 0.1) is 17.5 Å². The summed E-state index contributed by atoms with van der Waals surface area (Å²) in [5, 5.41) is 13.8. The minimum Gasteiger partial charge on any atom is -0.449 e. The van der Waals surface area contributed by atoms with Crippen LogP contribution in [0.2, 0.25) is 0 Å². The fourth-order valence-corrected chi connectivity index (χ4v) is 1.68. The summed E-state index contributed by atoms with van der Waals surface area (Å²) in [5.74, 6) is 0.143. The molecule has 0 aliphatic heterocycles. The zero-order valence-corrected chi connectivity index (χ0v) is 11.8. The number of carbonyl (C=O) groups excluding carboxylic acids is 1. The molecule has 0 aliphatic rings. The molecule has 2 N–H and O–H groups in total. The van der Waals surface area contributed by atoms with Gasteiger partial charge in [-0.15, -0.1) is 0 Å². The molecule has 0 radical (unpaired) electrons. The van der Waals surface area contributed by atoms with Crippen molar-refractivity contribution in [2.45, 2.75) is 26.3 Å². The fourth-order valence-electron chi connectivity index (χ4n) is 1.68. The van der Waals surface area contributed by atoms with Gasteiger partial charge in [-0.05, 0) is 51.1 Å². The van der Waals surface area contributed by atoms with Gasteiger partial charge in [0.25, 0.3) is 5.91 Å². The summed E-state index contributed by atoms with van der Waals surface area (Å²) in [6.45, 7) is 5.68. The van der Waals surface area contributed by atoms with Crippen LogP contribution >= 0.6 is 0 Å². The molecule has 0 unspecified atom stereocenters. The molecule has 0 spiro atoms. The molecule has 2 aromatic rings. The Labute approximate surface area is 117 Å². The monoisotopic (exact) mass is 274 g/mol. The number of rotatable bonds is 3. The van der Waals surface area contributed by atoms with Crippen molar-refractivity contribution in [1.29, 1.82) is 0 Å². The van der Waals surface area contributed by atoms with Crippen molar-refractivity contribution in [3.05, 3.63) is 48.2 Å². The van der Waals surface area contributed by atoms with Gasteiger partial charge in [0, 0.05) is 11.6 Å². The van der Waals surface area contributed by atoms with E-state index in [1.165, 1.54) is 11.3 Å². The van der Waals surface area contributed by atoms with E-state index in [1.807, 2.05) is 20.8 Å². The number of anilines is 2. The van der Waals surface area contributed by atoms with Gasteiger partial charge >= 0.3 is 0 Å². The van der Waals surface area contributed by atoms with Crippen LogP contribution in [0.25, 0.3) is 0 Å². The van der Waals surface area contributed by atoms with Crippen LogP contribution in [-0.2, 0) is 0 Å². The van der Waals surface area contributed by atoms with E-state index in [0.29, 0.717) is 17.1 Å². The van der Waals surface area contributed by atoms with E-state index in [2.05, 4.69) is 5.32 Å². The van der Waals surface area contributed by atoms with Gasteiger partial charge in [0.15, 0.2) is 5.88 Å². The normalized spacial score (nSPS) is 11.2.